The smallest absolute Gasteiger partial charge is 0.489 e. The van der Waals surface area contributed by atoms with Gasteiger partial charge in [-0.05, 0) is 35.4 Å². The number of rotatable bonds is 11. The molecule has 0 aliphatic carbocycles. The quantitative estimate of drug-likeness (QED) is 0.207. The van der Waals surface area contributed by atoms with Gasteiger partial charge in [0.2, 0.25) is 10.0 Å². The van der Waals surface area contributed by atoms with Crippen molar-refractivity contribution >= 4 is 44.7 Å². The van der Waals surface area contributed by atoms with Gasteiger partial charge >= 0.3 is 18.1 Å². The summed E-state index contributed by atoms with van der Waals surface area (Å²) in [5.74, 6) is -4.56. The van der Waals surface area contributed by atoms with Crippen molar-refractivity contribution in [3.05, 3.63) is 66.2 Å². The van der Waals surface area contributed by atoms with Crippen molar-refractivity contribution in [3.63, 3.8) is 0 Å². The fraction of sp³-hybridized carbons (Fsp3) is 0.296. The molecule has 214 valence electrons. The Bertz CT molecular complexity index is 1500. The van der Waals surface area contributed by atoms with E-state index in [0.717, 1.165) is 16.3 Å². The van der Waals surface area contributed by atoms with E-state index in [0.29, 0.717) is 12.1 Å². The number of halogens is 3. The Morgan fingerprint density at radius 3 is 2.38 bits per heavy atom. The number of aldehydes is 1. The lowest BCUT2D eigenvalue weighted by atomic mass is 10.0. The minimum atomic E-state index is -5.44. The average Bonchev–Trinajstić information content (AvgIpc) is 2.87. The van der Waals surface area contributed by atoms with Gasteiger partial charge in [-0.25, -0.2) is 17.9 Å². The first kappa shape index (κ1) is 30.6. The second-order valence-electron chi connectivity index (χ2n) is 9.12. The van der Waals surface area contributed by atoms with E-state index in [-0.39, 0.29) is 16.9 Å². The molecule has 0 radical (unpaired) electrons. The summed E-state index contributed by atoms with van der Waals surface area (Å²) in [6, 6.07) is 16.0. The lowest BCUT2D eigenvalue weighted by molar-refractivity contribution is -0.202. The molecule has 0 saturated heterocycles. The van der Waals surface area contributed by atoms with E-state index in [4.69, 9.17) is 4.74 Å². The van der Waals surface area contributed by atoms with Crippen LogP contribution < -0.4 is 14.4 Å². The highest BCUT2D eigenvalue weighted by molar-refractivity contribution is 7.89. The van der Waals surface area contributed by atoms with Crippen molar-refractivity contribution < 1.29 is 45.4 Å². The molecule has 2 atom stereocenters. The zero-order chi connectivity index (χ0) is 29.7. The van der Waals surface area contributed by atoms with Crippen molar-refractivity contribution in [1.29, 1.82) is 0 Å². The van der Waals surface area contributed by atoms with Gasteiger partial charge in [-0.2, -0.15) is 13.2 Å². The SMILES string of the molecule is CC(Cc1cccc2ccccc12)Oc1cc(N(C)C)ccc1S(=O)(=O)NC(C=O)CC(=O)OC(=O)C(F)(F)F. The Morgan fingerprint density at radius 1 is 1.05 bits per heavy atom. The zero-order valence-electron chi connectivity index (χ0n) is 21.8. The lowest BCUT2D eigenvalue weighted by Crippen LogP contribution is -2.39. The van der Waals surface area contributed by atoms with E-state index in [1.807, 2.05) is 47.2 Å². The van der Waals surface area contributed by atoms with Gasteiger partial charge in [-0.3, -0.25) is 4.79 Å². The van der Waals surface area contributed by atoms with E-state index in [2.05, 4.69) is 4.74 Å². The first-order chi connectivity index (χ1) is 18.7. The fourth-order valence-corrected chi connectivity index (χ4v) is 5.17. The van der Waals surface area contributed by atoms with Crippen molar-refractivity contribution in [2.75, 3.05) is 19.0 Å². The lowest BCUT2D eigenvalue weighted by Gasteiger charge is -2.22. The highest BCUT2D eigenvalue weighted by Crippen LogP contribution is 2.31. The van der Waals surface area contributed by atoms with E-state index in [1.165, 1.54) is 18.2 Å². The molecule has 3 aromatic rings. The number of fused-ring (bicyclic) bond motifs is 1. The van der Waals surface area contributed by atoms with Gasteiger partial charge in [0.1, 0.15) is 23.0 Å². The second kappa shape index (κ2) is 12.5. The standard InChI is InChI=1S/C27H27F3N2O7S/c1-17(13-19-9-6-8-18-7-4-5-10-22(18)19)38-23-15-21(32(2)3)11-12-24(23)40(36,37)31-20(16-33)14-25(34)39-26(35)27(28,29)30/h4-12,15-17,20,31H,13-14H2,1-3H3. The molecule has 0 bridgehead atoms. The number of sulfonamides is 1. The van der Waals surface area contributed by atoms with Crippen LogP contribution in [0.15, 0.2) is 65.6 Å². The van der Waals surface area contributed by atoms with Gasteiger partial charge < -0.3 is 19.2 Å². The minimum Gasteiger partial charge on any atom is -0.489 e. The molecule has 3 rings (SSSR count). The Balaban J connectivity index is 1.84. The number of carbonyl (C=O) groups is 3. The number of alkyl halides is 3. The summed E-state index contributed by atoms with van der Waals surface area (Å²) < 4.78 is 75.2. The third-order valence-corrected chi connectivity index (χ3v) is 7.27. The molecule has 0 amide bonds. The molecule has 1 N–H and O–H groups in total. The van der Waals surface area contributed by atoms with Crippen molar-refractivity contribution in [3.8, 4) is 5.75 Å². The first-order valence-corrected chi connectivity index (χ1v) is 13.4. The molecule has 0 fully saturated rings. The van der Waals surface area contributed by atoms with Gasteiger partial charge in [0.15, 0.2) is 0 Å². The van der Waals surface area contributed by atoms with Crippen LogP contribution in [0.5, 0.6) is 5.75 Å². The maximum Gasteiger partial charge on any atom is 0.491 e. The van der Waals surface area contributed by atoms with Crippen LogP contribution in [-0.2, 0) is 35.6 Å². The van der Waals surface area contributed by atoms with Gasteiger partial charge in [0.05, 0.1) is 12.5 Å². The number of benzene rings is 3. The maximum absolute atomic E-state index is 13.2. The molecule has 0 aromatic heterocycles. The first-order valence-electron chi connectivity index (χ1n) is 12.0. The van der Waals surface area contributed by atoms with E-state index >= 15 is 0 Å². The Kier molecular flexibility index (Phi) is 9.53. The second-order valence-corrected chi connectivity index (χ2v) is 10.8. The maximum atomic E-state index is 13.2. The number of ether oxygens (including phenoxy) is 2. The highest BCUT2D eigenvalue weighted by atomic mass is 32.2. The molecular formula is C27H27F3N2O7S. The topological polar surface area (TPSA) is 119 Å². The number of carbonyl (C=O) groups excluding carboxylic acids is 3. The molecule has 0 spiro atoms. The minimum absolute atomic E-state index is 0.00866. The summed E-state index contributed by atoms with van der Waals surface area (Å²) in [6.45, 7) is 1.76. The third kappa shape index (κ3) is 7.79. The van der Waals surface area contributed by atoms with Gasteiger partial charge in [-0.1, -0.05) is 42.5 Å². The molecular weight excluding hydrogens is 553 g/mol. The normalized spacial score (nSPS) is 13.3. The molecule has 0 aliphatic rings. The van der Waals surface area contributed by atoms with Crippen LogP contribution in [0.1, 0.15) is 18.9 Å². The van der Waals surface area contributed by atoms with Crippen molar-refractivity contribution in [1.82, 2.24) is 4.72 Å². The van der Waals surface area contributed by atoms with Crippen molar-refractivity contribution in [2.24, 2.45) is 0 Å². The molecule has 2 unspecified atom stereocenters. The summed E-state index contributed by atoms with van der Waals surface area (Å²) in [5, 5.41) is 2.05. The molecule has 40 heavy (non-hydrogen) atoms. The van der Waals surface area contributed by atoms with Crippen LogP contribution in [-0.4, -0.2) is 59.1 Å². The monoisotopic (exact) mass is 580 g/mol. The van der Waals surface area contributed by atoms with E-state index in [1.54, 1.807) is 25.9 Å². The number of nitrogens with one attached hydrogen (secondary N) is 1. The molecule has 0 heterocycles. The Labute approximate surface area is 228 Å². The number of nitrogens with zero attached hydrogens (tertiary/aromatic N) is 1. The predicted molar refractivity (Wildman–Crippen MR) is 140 cm³/mol. The summed E-state index contributed by atoms with van der Waals surface area (Å²) in [6.07, 6.45) is -6.66. The van der Waals surface area contributed by atoms with Crippen LogP contribution in [0.3, 0.4) is 0 Å². The number of hydrogen-bond acceptors (Lipinski definition) is 8. The predicted octanol–water partition coefficient (Wildman–Crippen LogP) is 3.78. The van der Waals surface area contributed by atoms with Crippen LogP contribution in [0.4, 0.5) is 18.9 Å². The van der Waals surface area contributed by atoms with Crippen LogP contribution in [0.2, 0.25) is 0 Å². The third-order valence-electron chi connectivity index (χ3n) is 5.74. The van der Waals surface area contributed by atoms with Gasteiger partial charge in [0.25, 0.3) is 0 Å². The Morgan fingerprint density at radius 2 is 1.73 bits per heavy atom. The zero-order valence-corrected chi connectivity index (χ0v) is 22.6. The molecule has 0 aliphatic heterocycles. The van der Waals surface area contributed by atoms with Crippen LogP contribution in [0, 0.1) is 0 Å². The molecule has 13 heteroatoms. The van der Waals surface area contributed by atoms with E-state index < -0.39 is 46.7 Å². The molecule has 0 saturated carbocycles. The van der Waals surface area contributed by atoms with Crippen LogP contribution in [0.25, 0.3) is 10.8 Å². The number of esters is 2. The highest BCUT2D eigenvalue weighted by Gasteiger charge is 2.42. The molecule has 3 aromatic carbocycles. The van der Waals surface area contributed by atoms with Crippen molar-refractivity contribution in [2.45, 2.75) is 43.0 Å². The average molecular weight is 581 g/mol. The summed E-state index contributed by atoms with van der Waals surface area (Å²) in [5.41, 5.74) is 1.58. The fourth-order valence-electron chi connectivity index (χ4n) is 3.89. The molecule has 9 nitrogen and oxygen atoms in total. The summed E-state index contributed by atoms with van der Waals surface area (Å²) >= 11 is 0. The van der Waals surface area contributed by atoms with Gasteiger partial charge in [0, 0.05) is 32.3 Å². The summed E-state index contributed by atoms with van der Waals surface area (Å²) in [4.78, 5) is 35.4. The summed E-state index contributed by atoms with van der Waals surface area (Å²) in [7, 11) is -1.07. The van der Waals surface area contributed by atoms with E-state index in [9.17, 15) is 36.0 Å². The Hall–Kier alpha value is -3.97. The number of anilines is 1. The van der Waals surface area contributed by atoms with Gasteiger partial charge in [-0.15, -0.1) is 0 Å². The largest absolute Gasteiger partial charge is 0.491 e. The van der Waals surface area contributed by atoms with Crippen LogP contribution >= 0.6 is 0 Å². The number of hydrogen-bond donors (Lipinski definition) is 1.